The highest BCUT2D eigenvalue weighted by molar-refractivity contribution is 5.86. The summed E-state index contributed by atoms with van der Waals surface area (Å²) in [6.45, 7) is 12.2. The number of aliphatic carboxylic acids is 2. The lowest BCUT2D eigenvalue weighted by Gasteiger charge is -2.30. The van der Waals surface area contributed by atoms with Crippen LogP contribution in [-0.4, -0.2) is 27.7 Å². The molecule has 20 heavy (non-hydrogen) atoms. The first kappa shape index (κ1) is 17.4. The molecule has 0 saturated heterocycles. The summed E-state index contributed by atoms with van der Waals surface area (Å²) in [6, 6.07) is 0. The minimum absolute atomic E-state index is 0.167. The SMILES string of the molecule is C=CC(=O)O.C=CC1(CC(=C)C(=O)O)C=CC(C)=CN1. The largest absolute Gasteiger partial charge is 0.478 e. The Morgan fingerprint density at radius 2 is 1.95 bits per heavy atom. The van der Waals surface area contributed by atoms with Crippen LogP contribution in [0.2, 0.25) is 0 Å². The minimum atomic E-state index is -0.981. The van der Waals surface area contributed by atoms with Gasteiger partial charge in [-0.1, -0.05) is 31.4 Å². The molecule has 1 aliphatic rings. The first-order valence-electron chi connectivity index (χ1n) is 5.80. The average Bonchev–Trinajstić information content (AvgIpc) is 2.42. The molecule has 0 radical (unpaired) electrons. The molecule has 1 rings (SSSR count). The van der Waals surface area contributed by atoms with Gasteiger partial charge in [-0.15, -0.1) is 6.58 Å². The second-order valence-corrected chi connectivity index (χ2v) is 4.24. The Hall–Kier alpha value is -2.56. The van der Waals surface area contributed by atoms with Crippen LogP contribution < -0.4 is 5.32 Å². The van der Waals surface area contributed by atoms with E-state index < -0.39 is 17.5 Å². The van der Waals surface area contributed by atoms with E-state index in [4.69, 9.17) is 10.2 Å². The molecule has 0 aromatic heterocycles. The molecule has 0 fully saturated rings. The van der Waals surface area contributed by atoms with Crippen LogP contribution in [0.5, 0.6) is 0 Å². The van der Waals surface area contributed by atoms with Gasteiger partial charge in [-0.3, -0.25) is 0 Å². The number of carbonyl (C=O) groups is 2. The van der Waals surface area contributed by atoms with Gasteiger partial charge in [0, 0.05) is 24.3 Å². The zero-order valence-corrected chi connectivity index (χ0v) is 11.4. The summed E-state index contributed by atoms with van der Waals surface area (Å²) in [6.07, 6.45) is 8.53. The van der Waals surface area contributed by atoms with Crippen molar-refractivity contribution in [3.05, 3.63) is 61.4 Å². The van der Waals surface area contributed by atoms with E-state index in [1.165, 1.54) is 0 Å². The van der Waals surface area contributed by atoms with Gasteiger partial charge in [0.15, 0.2) is 0 Å². The van der Waals surface area contributed by atoms with E-state index in [-0.39, 0.29) is 5.57 Å². The topological polar surface area (TPSA) is 86.6 Å². The highest BCUT2D eigenvalue weighted by atomic mass is 16.4. The van der Waals surface area contributed by atoms with Gasteiger partial charge in [-0.05, 0) is 12.5 Å². The van der Waals surface area contributed by atoms with Crippen LogP contribution in [-0.2, 0) is 9.59 Å². The first-order valence-corrected chi connectivity index (χ1v) is 5.80. The van der Waals surface area contributed by atoms with Crippen LogP contribution in [0, 0.1) is 0 Å². The minimum Gasteiger partial charge on any atom is -0.478 e. The monoisotopic (exact) mass is 277 g/mol. The predicted octanol–water partition coefficient (Wildman–Crippen LogP) is 2.26. The Labute approximate surface area is 118 Å². The number of nitrogens with one attached hydrogen (secondary N) is 1. The Morgan fingerprint density at radius 1 is 1.40 bits per heavy atom. The Morgan fingerprint density at radius 3 is 2.25 bits per heavy atom. The maximum absolute atomic E-state index is 10.7. The summed E-state index contributed by atoms with van der Waals surface area (Å²) >= 11 is 0. The van der Waals surface area contributed by atoms with Gasteiger partial charge in [0.25, 0.3) is 0 Å². The van der Waals surface area contributed by atoms with E-state index in [9.17, 15) is 9.59 Å². The summed E-state index contributed by atoms with van der Waals surface area (Å²) in [7, 11) is 0. The van der Waals surface area contributed by atoms with Crippen LogP contribution in [0.25, 0.3) is 0 Å². The standard InChI is InChI=1S/C12H15NO2.C3H4O2/c1-4-12(7-10(3)11(14)15)6-5-9(2)8-13-12;1-2-3(4)5/h4-6,8,13H,1,3,7H2,2H3,(H,14,15);2H,1H2,(H,4,5). The number of rotatable bonds is 5. The zero-order chi connectivity index (χ0) is 15.8. The van der Waals surface area contributed by atoms with Crippen molar-refractivity contribution < 1.29 is 19.8 Å². The number of allylic oxidation sites excluding steroid dienone is 2. The molecule has 0 saturated carbocycles. The van der Waals surface area contributed by atoms with E-state index in [0.717, 1.165) is 11.6 Å². The van der Waals surface area contributed by atoms with Gasteiger partial charge < -0.3 is 15.5 Å². The highest BCUT2D eigenvalue weighted by Gasteiger charge is 2.26. The van der Waals surface area contributed by atoms with Gasteiger partial charge in [0.05, 0.1) is 5.54 Å². The number of hydrogen-bond donors (Lipinski definition) is 3. The number of carboxylic acid groups (broad SMARTS) is 2. The second-order valence-electron chi connectivity index (χ2n) is 4.24. The van der Waals surface area contributed by atoms with Gasteiger partial charge in [0.2, 0.25) is 0 Å². The van der Waals surface area contributed by atoms with Crippen LogP contribution in [0.3, 0.4) is 0 Å². The van der Waals surface area contributed by atoms with Gasteiger partial charge in [-0.25, -0.2) is 9.59 Å². The highest BCUT2D eigenvalue weighted by Crippen LogP contribution is 2.23. The smallest absolute Gasteiger partial charge is 0.331 e. The molecule has 3 N–H and O–H groups in total. The molecular weight excluding hydrogens is 258 g/mol. The van der Waals surface area contributed by atoms with E-state index in [1.807, 2.05) is 25.3 Å². The van der Waals surface area contributed by atoms with Crippen molar-refractivity contribution in [2.45, 2.75) is 18.9 Å². The Kier molecular flexibility index (Phi) is 6.79. The third-order valence-corrected chi connectivity index (χ3v) is 2.56. The lowest BCUT2D eigenvalue weighted by molar-refractivity contribution is -0.133. The Bertz CT molecular complexity index is 488. The lowest BCUT2D eigenvalue weighted by Crippen LogP contribution is -2.40. The predicted molar refractivity (Wildman–Crippen MR) is 78.2 cm³/mol. The summed E-state index contributed by atoms with van der Waals surface area (Å²) < 4.78 is 0. The van der Waals surface area contributed by atoms with Crippen molar-refractivity contribution in [3.8, 4) is 0 Å². The molecule has 0 spiro atoms. The molecule has 1 aliphatic heterocycles. The second kappa shape index (κ2) is 7.78. The van der Waals surface area contributed by atoms with Gasteiger partial charge in [-0.2, -0.15) is 0 Å². The molecule has 1 atom stereocenters. The molecular formula is C15H19NO4. The summed E-state index contributed by atoms with van der Waals surface area (Å²) in [5.41, 5.74) is 0.739. The van der Waals surface area contributed by atoms with Gasteiger partial charge in [0.1, 0.15) is 0 Å². The molecule has 0 amide bonds. The molecule has 0 aliphatic carbocycles. The average molecular weight is 277 g/mol. The number of dihydropyridines is 1. The van der Waals surface area contributed by atoms with E-state index in [0.29, 0.717) is 6.42 Å². The molecule has 5 heteroatoms. The summed E-state index contributed by atoms with van der Waals surface area (Å²) in [5.74, 6) is -1.96. The molecule has 108 valence electrons. The maximum atomic E-state index is 10.7. The molecule has 1 unspecified atom stereocenters. The maximum Gasteiger partial charge on any atom is 0.331 e. The van der Waals surface area contributed by atoms with Crippen LogP contribution in [0.15, 0.2) is 61.4 Å². The Balaban J connectivity index is 0.000000621. The van der Waals surface area contributed by atoms with Crippen molar-refractivity contribution in [1.29, 1.82) is 0 Å². The van der Waals surface area contributed by atoms with E-state index in [1.54, 1.807) is 6.08 Å². The van der Waals surface area contributed by atoms with Gasteiger partial charge >= 0.3 is 11.9 Å². The molecule has 0 aromatic carbocycles. The first-order chi connectivity index (χ1) is 9.26. The fourth-order valence-electron chi connectivity index (χ4n) is 1.36. The third kappa shape index (κ3) is 5.86. The number of carboxylic acids is 2. The number of hydrogen-bond acceptors (Lipinski definition) is 3. The summed E-state index contributed by atoms with van der Waals surface area (Å²) in [4.78, 5) is 19.9. The van der Waals surface area contributed by atoms with Crippen molar-refractivity contribution in [2.24, 2.45) is 0 Å². The molecule has 1 heterocycles. The van der Waals surface area contributed by atoms with Crippen LogP contribution >= 0.6 is 0 Å². The van der Waals surface area contributed by atoms with E-state index >= 15 is 0 Å². The molecule has 0 bridgehead atoms. The van der Waals surface area contributed by atoms with Crippen molar-refractivity contribution in [3.63, 3.8) is 0 Å². The summed E-state index contributed by atoms with van der Waals surface area (Å²) in [5, 5.41) is 19.5. The van der Waals surface area contributed by atoms with Crippen molar-refractivity contribution in [1.82, 2.24) is 5.32 Å². The molecule has 0 aromatic rings. The van der Waals surface area contributed by atoms with Crippen molar-refractivity contribution in [2.75, 3.05) is 0 Å². The van der Waals surface area contributed by atoms with Crippen molar-refractivity contribution >= 4 is 11.9 Å². The fourth-order valence-corrected chi connectivity index (χ4v) is 1.36. The lowest BCUT2D eigenvalue weighted by atomic mass is 9.88. The fraction of sp³-hybridized carbons (Fsp3) is 0.200. The quantitative estimate of drug-likeness (QED) is 0.530. The molecule has 5 nitrogen and oxygen atoms in total. The van der Waals surface area contributed by atoms with E-state index in [2.05, 4.69) is 25.1 Å². The zero-order valence-electron chi connectivity index (χ0n) is 11.4. The third-order valence-electron chi connectivity index (χ3n) is 2.56. The normalized spacial score (nSPS) is 19.6. The van der Waals surface area contributed by atoms with Crippen LogP contribution in [0.1, 0.15) is 13.3 Å². The van der Waals surface area contributed by atoms with Crippen LogP contribution in [0.4, 0.5) is 0 Å².